The summed E-state index contributed by atoms with van der Waals surface area (Å²) in [7, 11) is 0. The number of aromatic nitrogens is 1. The van der Waals surface area contributed by atoms with Crippen molar-refractivity contribution in [2.45, 2.75) is 16.3 Å². The molecule has 0 saturated carbocycles. The van der Waals surface area contributed by atoms with E-state index < -0.39 is 0 Å². The van der Waals surface area contributed by atoms with Crippen molar-refractivity contribution < 1.29 is 0 Å². The van der Waals surface area contributed by atoms with E-state index in [4.69, 9.17) is 5.73 Å². The van der Waals surface area contributed by atoms with Crippen LogP contribution in [0.25, 0.3) is 10.9 Å². The molecule has 3 aromatic rings. The van der Waals surface area contributed by atoms with Crippen LogP contribution in [-0.4, -0.2) is 11.5 Å². The quantitative estimate of drug-likeness (QED) is 0.725. The average molecular weight is 347 g/mol. The number of rotatable bonds is 4. The van der Waals surface area contributed by atoms with Crippen LogP contribution in [0.15, 0.2) is 62.9 Å². The Balaban J connectivity index is 1.93. The van der Waals surface area contributed by atoms with Gasteiger partial charge in [-0.15, -0.1) is 0 Å². The van der Waals surface area contributed by atoms with Gasteiger partial charge in [0, 0.05) is 20.3 Å². The van der Waals surface area contributed by atoms with Crippen molar-refractivity contribution in [3.05, 3.63) is 58.6 Å². The number of para-hydroxylation sites is 1. The third-order valence-electron chi connectivity index (χ3n) is 3.16. The lowest BCUT2D eigenvalue weighted by Gasteiger charge is -2.08. The predicted octanol–water partition coefficient (Wildman–Crippen LogP) is 4.58. The Labute approximate surface area is 130 Å². The van der Waals surface area contributed by atoms with Gasteiger partial charge in [0.05, 0.1) is 5.03 Å². The molecule has 0 amide bonds. The fourth-order valence-electron chi connectivity index (χ4n) is 2.22. The largest absolute Gasteiger partial charge is 0.349 e. The molecule has 1 heterocycles. The van der Waals surface area contributed by atoms with Gasteiger partial charge in [0.1, 0.15) is 0 Å². The molecule has 3 N–H and O–H groups in total. The first-order valence-electron chi connectivity index (χ1n) is 6.50. The van der Waals surface area contributed by atoms with Gasteiger partial charge in [-0.05, 0) is 48.9 Å². The molecule has 0 bridgehead atoms. The molecule has 3 rings (SSSR count). The average Bonchev–Trinajstić information content (AvgIpc) is 2.84. The Morgan fingerprint density at radius 3 is 2.75 bits per heavy atom. The summed E-state index contributed by atoms with van der Waals surface area (Å²) in [6.45, 7) is 0.663. The molecule has 2 nitrogen and oxygen atoms in total. The standard InChI is InChI=1S/C16H15BrN2S/c17-13-5-6-15(12(9-13)7-8-18)20-16-10-11-3-1-2-4-14(11)19-16/h1-6,9-10,19H,7-8,18H2. The first-order valence-corrected chi connectivity index (χ1v) is 8.11. The second-order valence-electron chi connectivity index (χ2n) is 4.61. The summed E-state index contributed by atoms with van der Waals surface area (Å²) in [5.41, 5.74) is 8.16. The zero-order chi connectivity index (χ0) is 13.9. The van der Waals surface area contributed by atoms with Crippen LogP contribution in [0.5, 0.6) is 0 Å². The first kappa shape index (κ1) is 13.7. The summed E-state index contributed by atoms with van der Waals surface area (Å²) in [5.74, 6) is 0. The summed E-state index contributed by atoms with van der Waals surface area (Å²) in [4.78, 5) is 4.70. The SMILES string of the molecule is NCCc1cc(Br)ccc1Sc1cc2ccccc2[nH]1. The molecule has 2 aromatic carbocycles. The molecule has 20 heavy (non-hydrogen) atoms. The van der Waals surface area contributed by atoms with Crippen LogP contribution < -0.4 is 5.73 Å². The Morgan fingerprint density at radius 2 is 1.95 bits per heavy atom. The molecule has 0 aliphatic carbocycles. The highest BCUT2D eigenvalue weighted by molar-refractivity contribution is 9.10. The third-order valence-corrected chi connectivity index (χ3v) is 4.71. The van der Waals surface area contributed by atoms with E-state index in [0.717, 1.165) is 15.9 Å². The van der Waals surface area contributed by atoms with Crippen LogP contribution in [0, 0.1) is 0 Å². The molecule has 0 radical (unpaired) electrons. The van der Waals surface area contributed by atoms with Crippen LogP contribution in [-0.2, 0) is 6.42 Å². The highest BCUT2D eigenvalue weighted by Gasteiger charge is 2.07. The molecule has 0 saturated heterocycles. The number of halogens is 1. The number of nitrogens with one attached hydrogen (secondary N) is 1. The molecule has 0 spiro atoms. The number of nitrogens with two attached hydrogens (primary N) is 1. The molecule has 0 aliphatic rings. The summed E-state index contributed by atoms with van der Waals surface area (Å²) in [6.07, 6.45) is 0.891. The lowest BCUT2D eigenvalue weighted by Crippen LogP contribution is -2.03. The van der Waals surface area contributed by atoms with Crippen molar-refractivity contribution in [3.8, 4) is 0 Å². The number of fused-ring (bicyclic) bond motifs is 1. The predicted molar refractivity (Wildman–Crippen MR) is 89.3 cm³/mol. The molecule has 0 fully saturated rings. The summed E-state index contributed by atoms with van der Waals surface area (Å²) >= 11 is 5.28. The Kier molecular flexibility index (Phi) is 4.15. The van der Waals surface area contributed by atoms with Crippen molar-refractivity contribution in [1.29, 1.82) is 0 Å². The maximum absolute atomic E-state index is 5.70. The van der Waals surface area contributed by atoms with E-state index in [1.807, 2.05) is 6.07 Å². The fourth-order valence-corrected chi connectivity index (χ4v) is 3.64. The Morgan fingerprint density at radius 1 is 1.10 bits per heavy atom. The first-order chi connectivity index (χ1) is 9.76. The van der Waals surface area contributed by atoms with E-state index in [1.165, 1.54) is 21.4 Å². The number of hydrogen-bond donors (Lipinski definition) is 2. The molecule has 0 unspecified atom stereocenters. The number of aromatic amines is 1. The zero-order valence-corrected chi connectivity index (χ0v) is 13.3. The maximum Gasteiger partial charge on any atom is 0.0780 e. The number of hydrogen-bond acceptors (Lipinski definition) is 2. The minimum Gasteiger partial charge on any atom is -0.349 e. The van der Waals surface area contributed by atoms with Crippen LogP contribution in [0.2, 0.25) is 0 Å². The van der Waals surface area contributed by atoms with E-state index in [2.05, 4.69) is 63.4 Å². The van der Waals surface area contributed by atoms with Gasteiger partial charge in [0.25, 0.3) is 0 Å². The minimum atomic E-state index is 0.663. The molecule has 0 aliphatic heterocycles. The van der Waals surface area contributed by atoms with Gasteiger partial charge in [-0.25, -0.2) is 0 Å². The molecule has 4 heteroatoms. The van der Waals surface area contributed by atoms with Crippen LogP contribution in [0.4, 0.5) is 0 Å². The van der Waals surface area contributed by atoms with E-state index in [1.54, 1.807) is 11.8 Å². The highest BCUT2D eigenvalue weighted by Crippen LogP contribution is 2.33. The van der Waals surface area contributed by atoms with E-state index in [9.17, 15) is 0 Å². The monoisotopic (exact) mass is 346 g/mol. The highest BCUT2D eigenvalue weighted by atomic mass is 79.9. The summed E-state index contributed by atoms with van der Waals surface area (Å²) in [5, 5.41) is 2.40. The molecular formula is C16H15BrN2S. The summed E-state index contributed by atoms with van der Waals surface area (Å²) < 4.78 is 1.10. The van der Waals surface area contributed by atoms with Crippen LogP contribution in [0.1, 0.15) is 5.56 Å². The Hall–Kier alpha value is -1.23. The maximum atomic E-state index is 5.70. The lowest BCUT2D eigenvalue weighted by atomic mass is 10.1. The van der Waals surface area contributed by atoms with Gasteiger partial charge in [0.2, 0.25) is 0 Å². The second-order valence-corrected chi connectivity index (χ2v) is 6.61. The van der Waals surface area contributed by atoms with Crippen LogP contribution >= 0.6 is 27.7 Å². The smallest absolute Gasteiger partial charge is 0.0780 e. The molecule has 102 valence electrons. The van der Waals surface area contributed by atoms with Gasteiger partial charge >= 0.3 is 0 Å². The van der Waals surface area contributed by atoms with Crippen molar-refractivity contribution in [2.75, 3.05) is 6.54 Å². The topological polar surface area (TPSA) is 41.8 Å². The van der Waals surface area contributed by atoms with Crippen molar-refractivity contribution in [1.82, 2.24) is 4.98 Å². The number of benzene rings is 2. The van der Waals surface area contributed by atoms with E-state index >= 15 is 0 Å². The van der Waals surface area contributed by atoms with E-state index in [0.29, 0.717) is 6.54 Å². The van der Waals surface area contributed by atoms with Crippen molar-refractivity contribution in [2.24, 2.45) is 5.73 Å². The van der Waals surface area contributed by atoms with Gasteiger partial charge < -0.3 is 10.7 Å². The summed E-state index contributed by atoms with van der Waals surface area (Å²) in [6, 6.07) is 16.9. The fraction of sp³-hybridized carbons (Fsp3) is 0.125. The zero-order valence-electron chi connectivity index (χ0n) is 10.9. The third kappa shape index (κ3) is 2.92. The second kappa shape index (κ2) is 6.04. The lowest BCUT2D eigenvalue weighted by molar-refractivity contribution is 0.942. The van der Waals surface area contributed by atoms with Crippen LogP contribution in [0.3, 0.4) is 0 Å². The van der Waals surface area contributed by atoms with Gasteiger partial charge in [-0.3, -0.25) is 0 Å². The molecule has 0 atom stereocenters. The number of H-pyrrole nitrogens is 1. The Bertz CT molecular complexity index is 703. The molecular weight excluding hydrogens is 332 g/mol. The van der Waals surface area contributed by atoms with Crippen molar-refractivity contribution >= 4 is 38.6 Å². The van der Waals surface area contributed by atoms with E-state index in [-0.39, 0.29) is 0 Å². The minimum absolute atomic E-state index is 0.663. The van der Waals surface area contributed by atoms with Gasteiger partial charge in [-0.2, -0.15) is 0 Å². The van der Waals surface area contributed by atoms with Crippen molar-refractivity contribution in [3.63, 3.8) is 0 Å². The van der Waals surface area contributed by atoms with Gasteiger partial charge in [-0.1, -0.05) is 45.9 Å². The van der Waals surface area contributed by atoms with Gasteiger partial charge in [0.15, 0.2) is 0 Å². The normalized spacial score (nSPS) is 11.1. The molecule has 1 aromatic heterocycles.